The summed E-state index contributed by atoms with van der Waals surface area (Å²) in [6, 6.07) is 5.10. The molecule has 0 saturated carbocycles. The third kappa shape index (κ3) is 3.42. The molecule has 94 valence electrons. The number of hydrogen-bond donors (Lipinski definition) is 2. The van der Waals surface area contributed by atoms with Crippen LogP contribution in [0.5, 0.6) is 0 Å². The first kappa shape index (κ1) is 13.4. The maximum absolute atomic E-state index is 10.9. The highest BCUT2D eigenvalue weighted by Gasteiger charge is 2.21. The van der Waals surface area contributed by atoms with Crippen molar-refractivity contribution in [1.82, 2.24) is 0 Å². The van der Waals surface area contributed by atoms with Gasteiger partial charge in [-0.1, -0.05) is 19.1 Å². The number of nitro groups is 1. The molecule has 0 aliphatic heterocycles. The Morgan fingerprint density at radius 1 is 1.53 bits per heavy atom. The lowest BCUT2D eigenvalue weighted by molar-refractivity contribution is -0.384. The Morgan fingerprint density at radius 3 is 2.71 bits per heavy atom. The van der Waals surface area contributed by atoms with Gasteiger partial charge in [-0.25, -0.2) is 0 Å². The smallest absolute Gasteiger partial charge is 0.295 e. The van der Waals surface area contributed by atoms with Gasteiger partial charge in [-0.05, 0) is 26.3 Å². The van der Waals surface area contributed by atoms with Crippen molar-refractivity contribution in [3.8, 4) is 0 Å². The average Bonchev–Trinajstić information content (AvgIpc) is 2.26. The number of para-hydroxylation sites is 1. The fraction of sp³-hybridized carbons (Fsp3) is 0.500. The van der Waals surface area contributed by atoms with E-state index in [0.29, 0.717) is 17.7 Å². The van der Waals surface area contributed by atoms with Crippen LogP contribution < -0.4 is 5.32 Å². The Kier molecular flexibility index (Phi) is 4.07. The topological polar surface area (TPSA) is 75.4 Å². The van der Waals surface area contributed by atoms with Gasteiger partial charge < -0.3 is 10.4 Å². The van der Waals surface area contributed by atoms with Crippen LogP contribution in [-0.4, -0.2) is 22.2 Å². The summed E-state index contributed by atoms with van der Waals surface area (Å²) >= 11 is 0. The van der Waals surface area contributed by atoms with Crippen LogP contribution in [0.2, 0.25) is 0 Å². The fourth-order valence-electron chi connectivity index (χ4n) is 1.45. The molecule has 1 atom stereocenters. The standard InChI is InChI=1S/C12H18N2O3/c1-4-12(3,15)8-13-10-7-5-6-9(2)11(10)14(16)17/h5-7,13,15H,4,8H2,1-3H3. The van der Waals surface area contributed by atoms with Crippen LogP contribution in [0.3, 0.4) is 0 Å². The quantitative estimate of drug-likeness (QED) is 0.610. The SMILES string of the molecule is CCC(C)(O)CNc1cccc(C)c1[N+](=O)[O-]. The van der Waals surface area contributed by atoms with E-state index in [1.807, 2.05) is 6.92 Å². The first-order chi connectivity index (χ1) is 7.87. The summed E-state index contributed by atoms with van der Waals surface area (Å²) in [5.41, 5.74) is 0.261. The van der Waals surface area contributed by atoms with Gasteiger partial charge >= 0.3 is 0 Å². The minimum Gasteiger partial charge on any atom is -0.388 e. The van der Waals surface area contributed by atoms with E-state index in [-0.39, 0.29) is 12.2 Å². The highest BCUT2D eigenvalue weighted by atomic mass is 16.6. The van der Waals surface area contributed by atoms with Gasteiger partial charge in [-0.2, -0.15) is 0 Å². The Hall–Kier alpha value is -1.62. The molecule has 1 aromatic carbocycles. The molecule has 17 heavy (non-hydrogen) atoms. The summed E-state index contributed by atoms with van der Waals surface area (Å²) < 4.78 is 0. The number of nitrogens with one attached hydrogen (secondary N) is 1. The number of nitro benzene ring substituents is 1. The molecule has 0 aromatic heterocycles. The molecule has 1 rings (SSSR count). The Morgan fingerprint density at radius 2 is 2.18 bits per heavy atom. The molecule has 1 unspecified atom stereocenters. The van der Waals surface area contributed by atoms with Gasteiger partial charge in [0, 0.05) is 12.1 Å². The molecular formula is C12H18N2O3. The van der Waals surface area contributed by atoms with Gasteiger partial charge in [-0.3, -0.25) is 10.1 Å². The number of aliphatic hydroxyl groups is 1. The van der Waals surface area contributed by atoms with Crippen LogP contribution in [0, 0.1) is 17.0 Å². The molecule has 0 radical (unpaired) electrons. The van der Waals surface area contributed by atoms with Crippen LogP contribution in [0.25, 0.3) is 0 Å². The molecule has 0 heterocycles. The van der Waals surface area contributed by atoms with Crippen LogP contribution in [0.1, 0.15) is 25.8 Å². The highest BCUT2D eigenvalue weighted by molar-refractivity contribution is 5.65. The average molecular weight is 238 g/mol. The molecule has 0 spiro atoms. The van der Waals surface area contributed by atoms with Gasteiger partial charge in [0.15, 0.2) is 0 Å². The first-order valence-corrected chi connectivity index (χ1v) is 5.57. The third-order valence-electron chi connectivity index (χ3n) is 2.84. The van der Waals surface area contributed by atoms with Crippen molar-refractivity contribution in [1.29, 1.82) is 0 Å². The zero-order chi connectivity index (χ0) is 13.1. The van der Waals surface area contributed by atoms with Crippen molar-refractivity contribution in [2.24, 2.45) is 0 Å². The summed E-state index contributed by atoms with van der Waals surface area (Å²) in [6.45, 7) is 5.54. The predicted octanol–water partition coefficient (Wildman–Crippen LogP) is 2.48. The van der Waals surface area contributed by atoms with E-state index in [9.17, 15) is 15.2 Å². The van der Waals surface area contributed by atoms with Crippen molar-refractivity contribution in [3.63, 3.8) is 0 Å². The molecule has 2 N–H and O–H groups in total. The van der Waals surface area contributed by atoms with E-state index >= 15 is 0 Å². The first-order valence-electron chi connectivity index (χ1n) is 5.57. The normalized spacial score (nSPS) is 14.1. The lowest BCUT2D eigenvalue weighted by Gasteiger charge is -2.22. The van der Waals surface area contributed by atoms with Gasteiger partial charge in [0.05, 0.1) is 10.5 Å². The number of benzene rings is 1. The molecule has 0 fully saturated rings. The van der Waals surface area contributed by atoms with Gasteiger partial charge in [0.25, 0.3) is 5.69 Å². The summed E-state index contributed by atoms with van der Waals surface area (Å²) in [6.07, 6.45) is 0.583. The summed E-state index contributed by atoms with van der Waals surface area (Å²) in [4.78, 5) is 10.5. The van der Waals surface area contributed by atoms with Gasteiger partial charge in [0.2, 0.25) is 0 Å². The van der Waals surface area contributed by atoms with E-state index in [1.54, 1.807) is 32.0 Å². The van der Waals surface area contributed by atoms with E-state index in [2.05, 4.69) is 5.32 Å². The van der Waals surface area contributed by atoms with Gasteiger partial charge in [-0.15, -0.1) is 0 Å². The van der Waals surface area contributed by atoms with E-state index in [0.717, 1.165) is 0 Å². The zero-order valence-corrected chi connectivity index (χ0v) is 10.4. The Labute approximate surface area is 101 Å². The van der Waals surface area contributed by atoms with E-state index in [4.69, 9.17) is 0 Å². The van der Waals surface area contributed by atoms with Crippen molar-refractivity contribution in [2.75, 3.05) is 11.9 Å². The van der Waals surface area contributed by atoms with Crippen molar-refractivity contribution in [2.45, 2.75) is 32.8 Å². The molecule has 5 heteroatoms. The van der Waals surface area contributed by atoms with E-state index in [1.165, 1.54) is 0 Å². The molecule has 0 aliphatic rings. The minimum atomic E-state index is -0.863. The van der Waals surface area contributed by atoms with Crippen molar-refractivity contribution < 1.29 is 10.0 Å². The summed E-state index contributed by atoms with van der Waals surface area (Å²) in [5, 5.41) is 23.7. The number of rotatable bonds is 5. The second kappa shape index (κ2) is 5.14. The Balaban J connectivity index is 2.92. The number of nitrogens with zero attached hydrogens (tertiary/aromatic N) is 1. The number of anilines is 1. The molecule has 0 saturated heterocycles. The molecule has 0 amide bonds. The van der Waals surface area contributed by atoms with Crippen LogP contribution in [0.4, 0.5) is 11.4 Å². The molecule has 5 nitrogen and oxygen atoms in total. The number of aryl methyl sites for hydroxylation is 1. The van der Waals surface area contributed by atoms with E-state index < -0.39 is 10.5 Å². The summed E-state index contributed by atoms with van der Waals surface area (Å²) in [5.74, 6) is 0. The maximum atomic E-state index is 10.9. The molecule has 1 aromatic rings. The monoisotopic (exact) mass is 238 g/mol. The van der Waals surface area contributed by atoms with Gasteiger partial charge in [0.1, 0.15) is 5.69 Å². The lowest BCUT2D eigenvalue weighted by atomic mass is 10.0. The minimum absolute atomic E-state index is 0.0689. The predicted molar refractivity (Wildman–Crippen MR) is 67.2 cm³/mol. The van der Waals surface area contributed by atoms with Crippen LogP contribution in [0.15, 0.2) is 18.2 Å². The lowest BCUT2D eigenvalue weighted by Crippen LogP contribution is -2.32. The van der Waals surface area contributed by atoms with Crippen LogP contribution >= 0.6 is 0 Å². The zero-order valence-electron chi connectivity index (χ0n) is 10.4. The fourth-order valence-corrected chi connectivity index (χ4v) is 1.45. The van der Waals surface area contributed by atoms with Crippen molar-refractivity contribution in [3.05, 3.63) is 33.9 Å². The maximum Gasteiger partial charge on any atom is 0.295 e. The second-order valence-electron chi connectivity index (χ2n) is 4.43. The van der Waals surface area contributed by atoms with Crippen LogP contribution in [-0.2, 0) is 0 Å². The largest absolute Gasteiger partial charge is 0.388 e. The second-order valence-corrected chi connectivity index (χ2v) is 4.43. The summed E-state index contributed by atoms with van der Waals surface area (Å²) in [7, 11) is 0. The molecular weight excluding hydrogens is 220 g/mol. The third-order valence-corrected chi connectivity index (χ3v) is 2.84. The molecule has 0 bridgehead atoms. The van der Waals surface area contributed by atoms with Crippen molar-refractivity contribution >= 4 is 11.4 Å². The Bertz CT molecular complexity index is 416. The number of hydrogen-bond acceptors (Lipinski definition) is 4. The highest BCUT2D eigenvalue weighted by Crippen LogP contribution is 2.28. The molecule has 0 aliphatic carbocycles.